The highest BCUT2D eigenvalue weighted by atomic mass is 16.6. The van der Waals surface area contributed by atoms with Gasteiger partial charge in [-0.1, -0.05) is 0 Å². The Morgan fingerprint density at radius 1 is 1.45 bits per heavy atom. The maximum Gasteiger partial charge on any atom is 0.0942 e. The molecule has 2 heterocycles. The van der Waals surface area contributed by atoms with Crippen LogP contribution in [0.4, 0.5) is 0 Å². The molecule has 1 spiro atoms. The van der Waals surface area contributed by atoms with Gasteiger partial charge in [0.05, 0.1) is 18.3 Å². The van der Waals surface area contributed by atoms with Crippen molar-refractivity contribution in [3.05, 3.63) is 0 Å². The molecule has 64 valence electrons. The van der Waals surface area contributed by atoms with Crippen LogP contribution in [-0.4, -0.2) is 31.5 Å². The minimum absolute atomic E-state index is 0.0596. The van der Waals surface area contributed by atoms with Crippen molar-refractivity contribution in [1.82, 2.24) is 0 Å². The minimum atomic E-state index is 0.0596. The van der Waals surface area contributed by atoms with Gasteiger partial charge in [0.25, 0.3) is 0 Å². The molecule has 0 radical (unpaired) electrons. The molecular formula is C8H15NO2. The van der Waals surface area contributed by atoms with E-state index in [-0.39, 0.29) is 11.7 Å². The second-order valence-electron chi connectivity index (χ2n) is 3.50. The molecule has 2 N–H and O–H groups in total. The molecule has 0 aromatic rings. The molecular weight excluding hydrogens is 142 g/mol. The second-order valence-corrected chi connectivity index (χ2v) is 3.50. The first-order valence-electron chi connectivity index (χ1n) is 4.30. The lowest BCUT2D eigenvalue weighted by Gasteiger charge is -2.21. The lowest BCUT2D eigenvalue weighted by Crippen LogP contribution is -2.31. The van der Waals surface area contributed by atoms with Crippen molar-refractivity contribution < 1.29 is 9.47 Å². The maximum atomic E-state index is 5.81. The molecule has 0 saturated carbocycles. The van der Waals surface area contributed by atoms with Gasteiger partial charge in [-0.15, -0.1) is 0 Å². The van der Waals surface area contributed by atoms with Crippen LogP contribution in [0.2, 0.25) is 0 Å². The molecule has 11 heavy (non-hydrogen) atoms. The molecule has 0 aliphatic carbocycles. The zero-order valence-electron chi connectivity index (χ0n) is 6.71. The maximum absolute atomic E-state index is 5.81. The number of rotatable bonds is 1. The Labute approximate surface area is 66.8 Å². The van der Waals surface area contributed by atoms with E-state index in [0.29, 0.717) is 6.54 Å². The highest BCUT2D eigenvalue weighted by Gasteiger charge is 2.42. The lowest BCUT2D eigenvalue weighted by atomic mass is 9.99. The van der Waals surface area contributed by atoms with Crippen molar-refractivity contribution in [2.24, 2.45) is 5.73 Å². The Hall–Kier alpha value is -0.120. The van der Waals surface area contributed by atoms with Gasteiger partial charge >= 0.3 is 0 Å². The molecule has 0 bridgehead atoms. The van der Waals surface area contributed by atoms with Crippen LogP contribution in [0.3, 0.4) is 0 Å². The van der Waals surface area contributed by atoms with E-state index in [9.17, 15) is 0 Å². The summed E-state index contributed by atoms with van der Waals surface area (Å²) in [5.41, 5.74) is 5.58. The third-order valence-electron chi connectivity index (χ3n) is 2.67. The summed E-state index contributed by atoms with van der Waals surface area (Å²) in [6, 6.07) is 0. The summed E-state index contributed by atoms with van der Waals surface area (Å²) < 4.78 is 11.1. The van der Waals surface area contributed by atoms with E-state index >= 15 is 0 Å². The molecule has 2 rings (SSSR count). The molecule has 3 nitrogen and oxygen atoms in total. The van der Waals surface area contributed by atoms with Crippen LogP contribution in [0.1, 0.15) is 19.3 Å². The van der Waals surface area contributed by atoms with Crippen LogP contribution in [0.25, 0.3) is 0 Å². The van der Waals surface area contributed by atoms with E-state index in [1.165, 1.54) is 0 Å². The topological polar surface area (TPSA) is 44.5 Å². The molecule has 3 heteroatoms. The Bertz CT molecular complexity index is 143. The number of ether oxygens (including phenoxy) is 2. The largest absolute Gasteiger partial charge is 0.378 e. The Kier molecular flexibility index (Phi) is 1.87. The van der Waals surface area contributed by atoms with Gasteiger partial charge < -0.3 is 15.2 Å². The van der Waals surface area contributed by atoms with Gasteiger partial charge in [-0.2, -0.15) is 0 Å². The average Bonchev–Trinajstić information content (AvgIpc) is 2.62. The summed E-state index contributed by atoms with van der Waals surface area (Å²) in [6.45, 7) is 2.29. The Morgan fingerprint density at radius 2 is 2.36 bits per heavy atom. The monoisotopic (exact) mass is 157 g/mol. The third kappa shape index (κ3) is 1.28. The van der Waals surface area contributed by atoms with E-state index in [0.717, 1.165) is 32.5 Å². The van der Waals surface area contributed by atoms with Crippen LogP contribution in [-0.2, 0) is 9.47 Å². The quantitative estimate of drug-likeness (QED) is 0.594. The molecule has 2 atom stereocenters. The van der Waals surface area contributed by atoms with Crippen molar-refractivity contribution >= 4 is 0 Å². The van der Waals surface area contributed by atoms with E-state index in [2.05, 4.69) is 0 Å². The predicted molar refractivity (Wildman–Crippen MR) is 41.3 cm³/mol. The summed E-state index contributed by atoms with van der Waals surface area (Å²) >= 11 is 0. The first-order chi connectivity index (χ1) is 5.35. The Morgan fingerprint density at radius 3 is 2.91 bits per heavy atom. The fourth-order valence-electron chi connectivity index (χ4n) is 1.94. The zero-order valence-corrected chi connectivity index (χ0v) is 6.71. The first-order valence-corrected chi connectivity index (χ1v) is 4.30. The van der Waals surface area contributed by atoms with E-state index in [4.69, 9.17) is 15.2 Å². The summed E-state index contributed by atoms with van der Waals surface area (Å²) in [6.07, 6.45) is 3.59. The Balaban J connectivity index is 1.96. The van der Waals surface area contributed by atoms with Gasteiger partial charge in [0.1, 0.15) is 0 Å². The normalized spacial score (nSPS) is 43.9. The van der Waals surface area contributed by atoms with Crippen molar-refractivity contribution in [2.45, 2.75) is 31.0 Å². The van der Waals surface area contributed by atoms with Gasteiger partial charge in [0, 0.05) is 19.6 Å². The van der Waals surface area contributed by atoms with Gasteiger partial charge in [0.2, 0.25) is 0 Å². The molecule has 0 unspecified atom stereocenters. The smallest absolute Gasteiger partial charge is 0.0942 e. The summed E-state index contributed by atoms with van der Waals surface area (Å²) in [5.74, 6) is 0. The predicted octanol–water partition coefficient (Wildman–Crippen LogP) is 0.283. The molecule has 2 aliphatic rings. The number of hydrogen-bond donors (Lipinski definition) is 1. The van der Waals surface area contributed by atoms with Gasteiger partial charge in [-0.05, 0) is 12.8 Å². The van der Waals surface area contributed by atoms with E-state index in [1.54, 1.807) is 0 Å². The van der Waals surface area contributed by atoms with Gasteiger partial charge in [-0.25, -0.2) is 0 Å². The van der Waals surface area contributed by atoms with E-state index < -0.39 is 0 Å². The standard InChI is InChI=1S/C8H15NO2/c9-5-7-1-2-8(11-7)3-4-10-6-8/h7H,1-6,9H2/t7-,8+/m0/s1. The average molecular weight is 157 g/mol. The zero-order chi connectivity index (χ0) is 7.73. The van der Waals surface area contributed by atoms with Crippen molar-refractivity contribution in [2.75, 3.05) is 19.8 Å². The fourth-order valence-corrected chi connectivity index (χ4v) is 1.94. The summed E-state index contributed by atoms with van der Waals surface area (Å²) in [7, 11) is 0. The molecule has 2 fully saturated rings. The second kappa shape index (κ2) is 2.73. The van der Waals surface area contributed by atoms with Crippen molar-refractivity contribution in [1.29, 1.82) is 0 Å². The molecule has 0 aromatic heterocycles. The molecule has 2 saturated heterocycles. The highest BCUT2D eigenvalue weighted by Crippen LogP contribution is 2.36. The van der Waals surface area contributed by atoms with Gasteiger partial charge in [0.15, 0.2) is 0 Å². The molecule has 0 amide bonds. The van der Waals surface area contributed by atoms with Crippen molar-refractivity contribution in [3.63, 3.8) is 0 Å². The van der Waals surface area contributed by atoms with Crippen molar-refractivity contribution in [3.8, 4) is 0 Å². The molecule has 2 aliphatic heterocycles. The van der Waals surface area contributed by atoms with Gasteiger partial charge in [-0.3, -0.25) is 0 Å². The van der Waals surface area contributed by atoms with E-state index in [1.807, 2.05) is 0 Å². The fraction of sp³-hybridized carbons (Fsp3) is 1.00. The minimum Gasteiger partial charge on any atom is -0.378 e. The van der Waals surface area contributed by atoms with Crippen LogP contribution < -0.4 is 5.73 Å². The van der Waals surface area contributed by atoms with Crippen LogP contribution >= 0.6 is 0 Å². The molecule has 0 aromatic carbocycles. The van der Waals surface area contributed by atoms with Crippen LogP contribution in [0.5, 0.6) is 0 Å². The highest BCUT2D eigenvalue weighted by molar-refractivity contribution is 4.92. The summed E-state index contributed by atoms with van der Waals surface area (Å²) in [4.78, 5) is 0. The van der Waals surface area contributed by atoms with Crippen LogP contribution in [0, 0.1) is 0 Å². The lowest BCUT2D eigenvalue weighted by molar-refractivity contribution is -0.0407. The van der Waals surface area contributed by atoms with Crippen LogP contribution in [0.15, 0.2) is 0 Å². The number of hydrogen-bond acceptors (Lipinski definition) is 3. The summed E-state index contributed by atoms with van der Waals surface area (Å²) in [5, 5.41) is 0. The first kappa shape index (κ1) is 7.53. The SMILES string of the molecule is NC[C@@H]1CC[C@]2(CCOC2)O1. The number of nitrogens with two attached hydrogens (primary N) is 1. The third-order valence-corrected chi connectivity index (χ3v) is 2.67.